The highest BCUT2D eigenvalue weighted by Crippen LogP contribution is 2.11. The van der Waals surface area contributed by atoms with E-state index in [0.29, 0.717) is 0 Å². The second-order valence-electron chi connectivity index (χ2n) is 6.15. The van der Waals surface area contributed by atoms with Gasteiger partial charge in [-0.1, -0.05) is 42.0 Å². The first kappa shape index (κ1) is 20.2. The van der Waals surface area contributed by atoms with E-state index in [4.69, 9.17) is 0 Å². The molecule has 2 aromatic carbocycles. The molecule has 3 rings (SSSR count). The maximum absolute atomic E-state index is 4.60. The summed E-state index contributed by atoms with van der Waals surface area (Å²) >= 11 is 0. The Morgan fingerprint density at radius 2 is 1.96 bits per heavy atom. The second kappa shape index (κ2) is 10.2. The third-order valence-electron chi connectivity index (χ3n) is 4.09. The molecule has 0 atom stereocenters. The van der Waals surface area contributed by atoms with Crippen LogP contribution in [0.5, 0.6) is 0 Å². The van der Waals surface area contributed by atoms with Crippen molar-refractivity contribution >= 4 is 41.0 Å². The SMILES string of the molecule is CN=C(NCCCc1nc2ccccc2[nH]1)NCc1cccc(C)c1.I. The van der Waals surface area contributed by atoms with Gasteiger partial charge in [0, 0.05) is 26.6 Å². The van der Waals surface area contributed by atoms with E-state index >= 15 is 0 Å². The summed E-state index contributed by atoms with van der Waals surface area (Å²) in [5.74, 6) is 1.86. The number of halogens is 1. The van der Waals surface area contributed by atoms with Crippen molar-refractivity contribution in [2.45, 2.75) is 26.3 Å². The van der Waals surface area contributed by atoms with E-state index in [1.165, 1.54) is 11.1 Å². The van der Waals surface area contributed by atoms with Crippen LogP contribution in [0.15, 0.2) is 53.5 Å². The molecule has 0 bridgehead atoms. The Morgan fingerprint density at radius 1 is 1.12 bits per heavy atom. The van der Waals surface area contributed by atoms with Gasteiger partial charge in [-0.3, -0.25) is 4.99 Å². The zero-order valence-corrected chi connectivity index (χ0v) is 17.6. The van der Waals surface area contributed by atoms with Crippen molar-refractivity contribution in [3.05, 3.63) is 65.5 Å². The molecule has 1 aromatic heterocycles. The minimum atomic E-state index is 0. The number of hydrogen-bond acceptors (Lipinski definition) is 2. The Balaban J connectivity index is 0.00000243. The summed E-state index contributed by atoms with van der Waals surface area (Å²) in [6.07, 6.45) is 1.90. The van der Waals surface area contributed by atoms with Crippen LogP contribution in [0.4, 0.5) is 0 Å². The molecule has 0 aliphatic heterocycles. The molecule has 0 aliphatic carbocycles. The van der Waals surface area contributed by atoms with Gasteiger partial charge in [0.1, 0.15) is 5.82 Å². The number of nitrogens with one attached hydrogen (secondary N) is 3. The molecule has 0 amide bonds. The van der Waals surface area contributed by atoms with Gasteiger partial charge in [0.15, 0.2) is 5.96 Å². The summed E-state index contributed by atoms with van der Waals surface area (Å²) in [6.45, 7) is 3.73. The summed E-state index contributed by atoms with van der Waals surface area (Å²) in [4.78, 5) is 12.2. The van der Waals surface area contributed by atoms with Gasteiger partial charge in [-0.05, 0) is 31.0 Å². The van der Waals surface area contributed by atoms with Crippen LogP contribution in [0.1, 0.15) is 23.4 Å². The molecule has 0 spiro atoms. The number of benzene rings is 2. The van der Waals surface area contributed by atoms with Crippen LogP contribution in [-0.2, 0) is 13.0 Å². The van der Waals surface area contributed by atoms with Gasteiger partial charge in [0.05, 0.1) is 11.0 Å². The first-order valence-electron chi connectivity index (χ1n) is 8.68. The molecular weight excluding hydrogens is 437 g/mol. The number of nitrogens with zero attached hydrogens (tertiary/aromatic N) is 2. The van der Waals surface area contributed by atoms with Gasteiger partial charge < -0.3 is 15.6 Å². The smallest absolute Gasteiger partial charge is 0.191 e. The van der Waals surface area contributed by atoms with E-state index in [2.05, 4.69) is 62.8 Å². The van der Waals surface area contributed by atoms with E-state index in [0.717, 1.165) is 48.7 Å². The van der Waals surface area contributed by atoms with Crippen molar-refractivity contribution in [2.24, 2.45) is 4.99 Å². The Hall–Kier alpha value is -2.09. The zero-order chi connectivity index (χ0) is 17.5. The lowest BCUT2D eigenvalue weighted by molar-refractivity contribution is 0.726. The van der Waals surface area contributed by atoms with E-state index in [1.807, 2.05) is 18.2 Å². The predicted molar refractivity (Wildman–Crippen MR) is 119 cm³/mol. The molecular formula is C20H26IN5. The van der Waals surface area contributed by atoms with Crippen LogP contribution in [0, 0.1) is 6.92 Å². The fraction of sp³-hybridized carbons (Fsp3) is 0.300. The summed E-state index contributed by atoms with van der Waals surface area (Å²) in [5, 5.41) is 6.70. The van der Waals surface area contributed by atoms with Crippen molar-refractivity contribution in [1.82, 2.24) is 20.6 Å². The van der Waals surface area contributed by atoms with Crippen molar-refractivity contribution in [2.75, 3.05) is 13.6 Å². The van der Waals surface area contributed by atoms with Crippen LogP contribution in [-0.4, -0.2) is 29.5 Å². The molecule has 138 valence electrons. The largest absolute Gasteiger partial charge is 0.356 e. The van der Waals surface area contributed by atoms with Gasteiger partial charge in [-0.2, -0.15) is 0 Å². The van der Waals surface area contributed by atoms with Gasteiger partial charge in [-0.15, -0.1) is 24.0 Å². The summed E-state index contributed by atoms with van der Waals surface area (Å²) in [5.41, 5.74) is 4.65. The third kappa shape index (κ3) is 5.72. The van der Waals surface area contributed by atoms with Crippen molar-refractivity contribution in [3.8, 4) is 0 Å². The van der Waals surface area contributed by atoms with Crippen LogP contribution in [0.25, 0.3) is 11.0 Å². The van der Waals surface area contributed by atoms with Gasteiger partial charge >= 0.3 is 0 Å². The number of fused-ring (bicyclic) bond motifs is 1. The molecule has 0 radical (unpaired) electrons. The van der Waals surface area contributed by atoms with Gasteiger partial charge in [-0.25, -0.2) is 4.98 Å². The summed E-state index contributed by atoms with van der Waals surface area (Å²) in [7, 11) is 1.80. The lowest BCUT2D eigenvalue weighted by Gasteiger charge is -2.12. The normalized spacial score (nSPS) is 11.2. The first-order chi connectivity index (χ1) is 12.2. The Labute approximate surface area is 171 Å². The van der Waals surface area contributed by atoms with Crippen molar-refractivity contribution in [1.29, 1.82) is 0 Å². The molecule has 6 heteroatoms. The van der Waals surface area contributed by atoms with E-state index in [9.17, 15) is 0 Å². The molecule has 0 aliphatic rings. The minimum absolute atomic E-state index is 0. The highest BCUT2D eigenvalue weighted by molar-refractivity contribution is 14.0. The summed E-state index contributed by atoms with van der Waals surface area (Å²) < 4.78 is 0. The number of aryl methyl sites for hydroxylation is 2. The topological polar surface area (TPSA) is 65.1 Å². The molecule has 1 heterocycles. The van der Waals surface area contributed by atoms with Gasteiger partial charge in [0.2, 0.25) is 0 Å². The average Bonchev–Trinajstić information content (AvgIpc) is 3.04. The fourth-order valence-electron chi connectivity index (χ4n) is 2.82. The average molecular weight is 463 g/mol. The number of hydrogen-bond donors (Lipinski definition) is 3. The van der Waals surface area contributed by atoms with Crippen LogP contribution >= 0.6 is 24.0 Å². The van der Waals surface area contributed by atoms with Crippen LogP contribution in [0.2, 0.25) is 0 Å². The molecule has 0 unspecified atom stereocenters. The van der Waals surface area contributed by atoms with Gasteiger partial charge in [0.25, 0.3) is 0 Å². The lowest BCUT2D eigenvalue weighted by atomic mass is 10.1. The monoisotopic (exact) mass is 463 g/mol. The quantitative estimate of drug-likeness (QED) is 0.226. The van der Waals surface area contributed by atoms with E-state index in [1.54, 1.807) is 7.05 Å². The number of rotatable bonds is 6. The number of guanidine groups is 1. The molecule has 0 saturated heterocycles. The van der Waals surface area contributed by atoms with Crippen LogP contribution in [0.3, 0.4) is 0 Å². The predicted octanol–water partition coefficient (Wildman–Crippen LogP) is 3.79. The Morgan fingerprint density at radius 3 is 2.73 bits per heavy atom. The standard InChI is InChI=1S/C20H25N5.HI/c1-15-7-5-8-16(13-15)14-23-20(21-2)22-12-6-11-19-24-17-9-3-4-10-18(17)25-19;/h3-5,7-10,13H,6,11-12,14H2,1-2H3,(H,24,25)(H2,21,22,23);1H. The fourth-order valence-corrected chi connectivity index (χ4v) is 2.82. The third-order valence-corrected chi connectivity index (χ3v) is 4.09. The number of H-pyrrole nitrogens is 1. The number of aliphatic imine (C=N–C) groups is 1. The number of para-hydroxylation sites is 2. The van der Waals surface area contributed by atoms with Crippen molar-refractivity contribution < 1.29 is 0 Å². The van der Waals surface area contributed by atoms with E-state index in [-0.39, 0.29) is 24.0 Å². The molecule has 3 N–H and O–H groups in total. The molecule has 3 aromatic rings. The van der Waals surface area contributed by atoms with Crippen molar-refractivity contribution in [3.63, 3.8) is 0 Å². The summed E-state index contributed by atoms with van der Waals surface area (Å²) in [6, 6.07) is 16.6. The minimum Gasteiger partial charge on any atom is -0.356 e. The first-order valence-corrected chi connectivity index (χ1v) is 8.68. The number of aromatic nitrogens is 2. The Kier molecular flexibility index (Phi) is 7.90. The zero-order valence-electron chi connectivity index (χ0n) is 15.2. The number of imidazole rings is 1. The molecule has 0 saturated carbocycles. The molecule has 5 nitrogen and oxygen atoms in total. The highest BCUT2D eigenvalue weighted by atomic mass is 127. The highest BCUT2D eigenvalue weighted by Gasteiger charge is 2.02. The molecule has 0 fully saturated rings. The number of aromatic amines is 1. The lowest BCUT2D eigenvalue weighted by Crippen LogP contribution is -2.37. The maximum atomic E-state index is 4.60. The van der Waals surface area contributed by atoms with E-state index < -0.39 is 0 Å². The molecule has 26 heavy (non-hydrogen) atoms. The maximum Gasteiger partial charge on any atom is 0.191 e. The second-order valence-corrected chi connectivity index (χ2v) is 6.15. The Bertz CT molecular complexity index is 823. The van der Waals surface area contributed by atoms with Crippen LogP contribution < -0.4 is 10.6 Å².